The Bertz CT molecular complexity index is 613. The van der Waals surface area contributed by atoms with Crippen LogP contribution < -0.4 is 16.6 Å². The number of benzene rings is 1. The molecule has 0 spiro atoms. The molecule has 2 aromatic rings. The first-order chi connectivity index (χ1) is 9.49. The van der Waals surface area contributed by atoms with Gasteiger partial charge in [0.15, 0.2) is 0 Å². The number of nitrogen functional groups attached to an aromatic ring is 1. The van der Waals surface area contributed by atoms with Crippen LogP contribution in [0.5, 0.6) is 0 Å². The van der Waals surface area contributed by atoms with Crippen LogP contribution in [0.3, 0.4) is 0 Å². The lowest BCUT2D eigenvalue weighted by Crippen LogP contribution is -2.12. The van der Waals surface area contributed by atoms with Crippen molar-refractivity contribution in [1.82, 2.24) is 9.97 Å². The predicted molar refractivity (Wildman–Crippen MR) is 83.4 cm³/mol. The van der Waals surface area contributed by atoms with E-state index in [9.17, 15) is 0 Å². The van der Waals surface area contributed by atoms with Gasteiger partial charge in [0.2, 0.25) is 0 Å². The highest BCUT2D eigenvalue weighted by molar-refractivity contribution is 6.33. The molecule has 0 saturated carbocycles. The van der Waals surface area contributed by atoms with Gasteiger partial charge in [-0.05, 0) is 24.6 Å². The molecule has 1 heterocycles. The standard InChI is InChI=1S/C14H18ClN5/c1-8(2)14-18-12(7-13(19-14)20-16)17-11-6-9(3)4-5-10(11)15/h4-8H,16H2,1-3H3,(H2,17,18,19,20). The normalized spacial score (nSPS) is 10.7. The van der Waals surface area contributed by atoms with Gasteiger partial charge >= 0.3 is 0 Å². The maximum absolute atomic E-state index is 6.18. The second kappa shape index (κ2) is 6.07. The van der Waals surface area contributed by atoms with Gasteiger partial charge in [0.1, 0.15) is 17.5 Å². The third-order valence-electron chi connectivity index (χ3n) is 2.79. The molecule has 0 radical (unpaired) electrons. The number of anilines is 3. The summed E-state index contributed by atoms with van der Waals surface area (Å²) in [4.78, 5) is 8.78. The Morgan fingerprint density at radius 3 is 2.50 bits per heavy atom. The van der Waals surface area contributed by atoms with Crippen molar-refractivity contribution in [2.24, 2.45) is 5.84 Å². The molecule has 5 nitrogen and oxygen atoms in total. The maximum atomic E-state index is 6.18. The van der Waals surface area contributed by atoms with Crippen molar-refractivity contribution >= 4 is 28.9 Å². The Morgan fingerprint density at radius 1 is 1.15 bits per heavy atom. The fourth-order valence-electron chi connectivity index (χ4n) is 1.73. The molecule has 0 fully saturated rings. The molecule has 20 heavy (non-hydrogen) atoms. The molecule has 0 aliphatic rings. The first-order valence-electron chi connectivity index (χ1n) is 6.38. The van der Waals surface area contributed by atoms with Gasteiger partial charge in [-0.3, -0.25) is 0 Å². The highest BCUT2D eigenvalue weighted by Gasteiger charge is 2.09. The van der Waals surface area contributed by atoms with E-state index >= 15 is 0 Å². The summed E-state index contributed by atoms with van der Waals surface area (Å²) in [6.45, 7) is 6.06. The van der Waals surface area contributed by atoms with E-state index in [4.69, 9.17) is 17.4 Å². The van der Waals surface area contributed by atoms with Crippen LogP contribution in [0.2, 0.25) is 5.02 Å². The second-order valence-corrected chi connectivity index (χ2v) is 5.31. The summed E-state index contributed by atoms with van der Waals surface area (Å²) in [5, 5.41) is 3.85. The number of halogens is 1. The monoisotopic (exact) mass is 291 g/mol. The van der Waals surface area contributed by atoms with Crippen molar-refractivity contribution < 1.29 is 0 Å². The van der Waals surface area contributed by atoms with Crippen molar-refractivity contribution in [1.29, 1.82) is 0 Å². The first-order valence-corrected chi connectivity index (χ1v) is 6.76. The minimum atomic E-state index is 0.205. The average Bonchev–Trinajstić information content (AvgIpc) is 2.42. The van der Waals surface area contributed by atoms with Gasteiger partial charge < -0.3 is 10.7 Å². The summed E-state index contributed by atoms with van der Waals surface area (Å²) >= 11 is 6.18. The minimum Gasteiger partial charge on any atom is -0.339 e. The third-order valence-corrected chi connectivity index (χ3v) is 3.12. The Labute approximate surface area is 123 Å². The number of rotatable bonds is 4. The molecule has 0 unspecified atom stereocenters. The van der Waals surface area contributed by atoms with Crippen molar-refractivity contribution in [2.45, 2.75) is 26.7 Å². The number of hydrazine groups is 1. The molecule has 6 heteroatoms. The number of hydrogen-bond donors (Lipinski definition) is 3. The number of nitrogens with one attached hydrogen (secondary N) is 2. The largest absolute Gasteiger partial charge is 0.339 e. The summed E-state index contributed by atoms with van der Waals surface area (Å²) in [6.07, 6.45) is 0. The van der Waals surface area contributed by atoms with Crippen molar-refractivity contribution in [3.8, 4) is 0 Å². The molecule has 2 rings (SSSR count). The number of hydrogen-bond acceptors (Lipinski definition) is 5. The van der Waals surface area contributed by atoms with Gasteiger partial charge in [0.05, 0.1) is 10.7 Å². The van der Waals surface area contributed by atoms with E-state index in [1.807, 2.05) is 39.0 Å². The van der Waals surface area contributed by atoms with E-state index in [0.717, 1.165) is 11.3 Å². The lowest BCUT2D eigenvalue weighted by Gasteiger charge is -2.12. The number of nitrogens with two attached hydrogens (primary N) is 1. The number of aryl methyl sites for hydroxylation is 1. The van der Waals surface area contributed by atoms with E-state index in [0.29, 0.717) is 22.5 Å². The van der Waals surface area contributed by atoms with Crippen LogP contribution in [0.15, 0.2) is 24.3 Å². The van der Waals surface area contributed by atoms with Crippen molar-refractivity contribution in [3.63, 3.8) is 0 Å². The topological polar surface area (TPSA) is 75.9 Å². The molecule has 0 aliphatic carbocycles. The highest BCUT2D eigenvalue weighted by atomic mass is 35.5. The molecular formula is C14H18ClN5. The van der Waals surface area contributed by atoms with Gasteiger partial charge in [-0.2, -0.15) is 0 Å². The number of nitrogens with zero attached hydrogens (tertiary/aromatic N) is 2. The Hall–Kier alpha value is -1.85. The Morgan fingerprint density at radius 2 is 1.85 bits per heavy atom. The molecule has 1 aromatic heterocycles. The van der Waals surface area contributed by atoms with Gasteiger partial charge in [0.25, 0.3) is 0 Å². The maximum Gasteiger partial charge on any atom is 0.145 e. The molecule has 106 valence electrons. The zero-order valence-electron chi connectivity index (χ0n) is 11.7. The van der Waals surface area contributed by atoms with Gasteiger partial charge in [-0.25, -0.2) is 15.8 Å². The summed E-state index contributed by atoms with van der Waals surface area (Å²) in [5.41, 5.74) is 4.48. The molecule has 0 amide bonds. The first kappa shape index (κ1) is 14.6. The van der Waals surface area contributed by atoms with Crippen LogP contribution >= 0.6 is 11.6 Å². The Kier molecular flexibility index (Phi) is 4.42. The molecule has 4 N–H and O–H groups in total. The van der Waals surface area contributed by atoms with E-state index in [1.165, 1.54) is 0 Å². The van der Waals surface area contributed by atoms with Crippen LogP contribution in [0.4, 0.5) is 17.3 Å². The average molecular weight is 292 g/mol. The summed E-state index contributed by atoms with van der Waals surface area (Å²) in [5.74, 6) is 7.58. The van der Waals surface area contributed by atoms with Gasteiger partial charge in [0, 0.05) is 12.0 Å². The molecule has 0 bridgehead atoms. The fraction of sp³-hybridized carbons (Fsp3) is 0.286. The third kappa shape index (κ3) is 3.37. The Balaban J connectivity index is 2.37. The zero-order valence-corrected chi connectivity index (χ0v) is 12.5. The molecule has 0 atom stereocenters. The molecular weight excluding hydrogens is 274 g/mol. The highest BCUT2D eigenvalue weighted by Crippen LogP contribution is 2.27. The van der Waals surface area contributed by atoms with Crippen LogP contribution in [0.1, 0.15) is 31.2 Å². The molecule has 1 aromatic carbocycles. The number of aromatic nitrogens is 2. The predicted octanol–water partition coefficient (Wildman–Crippen LogP) is 3.59. The summed E-state index contributed by atoms with van der Waals surface area (Å²) < 4.78 is 0. The second-order valence-electron chi connectivity index (χ2n) is 4.90. The van der Waals surface area contributed by atoms with E-state index in [2.05, 4.69) is 20.7 Å². The fourth-order valence-corrected chi connectivity index (χ4v) is 1.90. The smallest absolute Gasteiger partial charge is 0.145 e. The lowest BCUT2D eigenvalue weighted by molar-refractivity contribution is 0.777. The SMILES string of the molecule is Cc1ccc(Cl)c(Nc2cc(NN)nc(C(C)C)n2)c1. The van der Waals surface area contributed by atoms with Gasteiger partial charge in [-0.15, -0.1) is 0 Å². The van der Waals surface area contributed by atoms with Crippen LogP contribution in [-0.2, 0) is 0 Å². The van der Waals surface area contributed by atoms with E-state index in [1.54, 1.807) is 6.07 Å². The van der Waals surface area contributed by atoms with Crippen LogP contribution in [-0.4, -0.2) is 9.97 Å². The quantitative estimate of drug-likeness (QED) is 0.593. The van der Waals surface area contributed by atoms with E-state index in [-0.39, 0.29) is 5.92 Å². The summed E-state index contributed by atoms with van der Waals surface area (Å²) in [7, 11) is 0. The van der Waals surface area contributed by atoms with Crippen LogP contribution in [0, 0.1) is 6.92 Å². The molecule has 0 aliphatic heterocycles. The van der Waals surface area contributed by atoms with Crippen LogP contribution in [0.25, 0.3) is 0 Å². The molecule has 0 saturated heterocycles. The van der Waals surface area contributed by atoms with E-state index < -0.39 is 0 Å². The minimum absolute atomic E-state index is 0.205. The zero-order chi connectivity index (χ0) is 14.7. The summed E-state index contributed by atoms with van der Waals surface area (Å²) in [6, 6.07) is 7.52. The lowest BCUT2D eigenvalue weighted by atomic mass is 10.2. The van der Waals surface area contributed by atoms with Crippen molar-refractivity contribution in [2.75, 3.05) is 10.7 Å². The van der Waals surface area contributed by atoms with Gasteiger partial charge in [-0.1, -0.05) is 31.5 Å². The van der Waals surface area contributed by atoms with Crippen molar-refractivity contribution in [3.05, 3.63) is 40.7 Å².